The van der Waals surface area contributed by atoms with Crippen LogP contribution in [0.4, 0.5) is 16.2 Å². The number of benzene rings is 3. The van der Waals surface area contributed by atoms with Gasteiger partial charge in [-0.05, 0) is 54.7 Å². The molecule has 0 spiro atoms. The lowest BCUT2D eigenvalue weighted by atomic mass is 9.96. The van der Waals surface area contributed by atoms with E-state index in [1.165, 1.54) is 5.56 Å². The highest BCUT2D eigenvalue weighted by atomic mass is 16.2. The molecular formula is C28H28N4O2. The lowest BCUT2D eigenvalue weighted by Crippen LogP contribution is -2.30. The molecule has 1 fully saturated rings. The van der Waals surface area contributed by atoms with Crippen LogP contribution in [0, 0.1) is 0 Å². The maximum atomic E-state index is 13.8. The lowest BCUT2D eigenvalue weighted by molar-refractivity contribution is 0.0971. The lowest BCUT2D eigenvalue weighted by Gasteiger charge is -2.20. The molecule has 4 aromatic rings. The number of urea groups is 1. The number of hydrogen-bond donors (Lipinski definition) is 4. The summed E-state index contributed by atoms with van der Waals surface area (Å²) in [6, 6.07) is 22.8. The average molecular weight is 453 g/mol. The van der Waals surface area contributed by atoms with Gasteiger partial charge < -0.3 is 20.9 Å². The molecule has 4 N–H and O–H groups in total. The van der Waals surface area contributed by atoms with E-state index < -0.39 is 6.04 Å². The summed E-state index contributed by atoms with van der Waals surface area (Å²) >= 11 is 0. The second-order valence-corrected chi connectivity index (χ2v) is 8.70. The van der Waals surface area contributed by atoms with Crippen molar-refractivity contribution in [2.75, 3.05) is 10.6 Å². The third-order valence-corrected chi connectivity index (χ3v) is 6.21. The highest BCUT2D eigenvalue weighted by Crippen LogP contribution is 2.29. The van der Waals surface area contributed by atoms with E-state index in [2.05, 4.69) is 33.9 Å². The molecule has 1 saturated carbocycles. The maximum Gasteiger partial charge on any atom is 0.319 e. The van der Waals surface area contributed by atoms with E-state index in [0.717, 1.165) is 41.4 Å². The van der Waals surface area contributed by atoms with Crippen molar-refractivity contribution in [2.45, 2.75) is 38.3 Å². The smallest absolute Gasteiger partial charge is 0.319 e. The molecule has 34 heavy (non-hydrogen) atoms. The van der Waals surface area contributed by atoms with Crippen LogP contribution in [-0.4, -0.2) is 22.8 Å². The molecular weight excluding hydrogens is 424 g/mol. The SMILES string of the molecule is CCc1cccc2c(C(=O)C(Nc3ccc(NC(=O)NC4CC4)cc3)c3ccccc3)c[nH]c12. The van der Waals surface area contributed by atoms with Crippen LogP contribution in [0.15, 0.2) is 79.0 Å². The third-order valence-electron chi connectivity index (χ3n) is 6.21. The number of anilines is 2. The zero-order chi connectivity index (χ0) is 23.5. The van der Waals surface area contributed by atoms with Gasteiger partial charge in [-0.2, -0.15) is 0 Å². The topological polar surface area (TPSA) is 86.0 Å². The van der Waals surface area contributed by atoms with Crippen LogP contribution in [-0.2, 0) is 6.42 Å². The predicted octanol–water partition coefficient (Wildman–Crippen LogP) is 6.05. The van der Waals surface area contributed by atoms with E-state index >= 15 is 0 Å². The number of H-pyrrole nitrogens is 1. The van der Waals surface area contributed by atoms with Crippen molar-refractivity contribution in [1.82, 2.24) is 10.3 Å². The van der Waals surface area contributed by atoms with Crippen LogP contribution in [0.5, 0.6) is 0 Å². The second-order valence-electron chi connectivity index (χ2n) is 8.70. The Morgan fingerprint density at radius 2 is 1.68 bits per heavy atom. The van der Waals surface area contributed by atoms with E-state index in [1.807, 2.05) is 72.9 Å². The van der Waals surface area contributed by atoms with Gasteiger partial charge in [0.25, 0.3) is 0 Å². The van der Waals surface area contributed by atoms with Crippen molar-refractivity contribution in [2.24, 2.45) is 0 Å². The summed E-state index contributed by atoms with van der Waals surface area (Å²) < 4.78 is 0. The summed E-state index contributed by atoms with van der Waals surface area (Å²) in [5.41, 5.74) is 5.26. The number of hydrogen-bond acceptors (Lipinski definition) is 3. The Labute approximate surface area is 198 Å². The third kappa shape index (κ3) is 4.66. The molecule has 1 heterocycles. The Bertz CT molecular complexity index is 1310. The number of carbonyl (C=O) groups excluding carboxylic acids is 2. The van der Waals surface area contributed by atoms with Gasteiger partial charge in [0.2, 0.25) is 0 Å². The first-order valence-electron chi connectivity index (χ1n) is 11.7. The highest BCUT2D eigenvalue weighted by Gasteiger charge is 2.25. The first-order chi connectivity index (χ1) is 16.6. The largest absolute Gasteiger partial charge is 0.371 e. The van der Waals surface area contributed by atoms with Crippen molar-refractivity contribution in [3.05, 3.63) is 95.7 Å². The fourth-order valence-electron chi connectivity index (χ4n) is 4.21. The van der Waals surface area contributed by atoms with Crippen LogP contribution in [0.3, 0.4) is 0 Å². The van der Waals surface area contributed by atoms with Gasteiger partial charge in [0.15, 0.2) is 5.78 Å². The van der Waals surface area contributed by atoms with Gasteiger partial charge in [-0.15, -0.1) is 0 Å². The summed E-state index contributed by atoms with van der Waals surface area (Å²) in [6.45, 7) is 2.11. The van der Waals surface area contributed by atoms with Crippen LogP contribution in [0.25, 0.3) is 10.9 Å². The van der Waals surface area contributed by atoms with Gasteiger partial charge in [0.1, 0.15) is 6.04 Å². The number of aromatic nitrogens is 1. The molecule has 1 aliphatic rings. The molecule has 172 valence electrons. The fourth-order valence-corrected chi connectivity index (χ4v) is 4.21. The minimum atomic E-state index is -0.553. The van der Waals surface area contributed by atoms with Gasteiger partial charge in [-0.3, -0.25) is 4.79 Å². The number of Topliss-reactive ketones (excluding diaryl/α,β-unsaturated/α-hetero) is 1. The molecule has 6 heteroatoms. The molecule has 1 aromatic heterocycles. The van der Waals surface area contributed by atoms with Gasteiger partial charge >= 0.3 is 6.03 Å². The summed E-state index contributed by atoms with van der Waals surface area (Å²) in [5.74, 6) is -0.00304. The van der Waals surface area contributed by atoms with Crippen LogP contribution in [0.2, 0.25) is 0 Å². The Balaban J connectivity index is 1.40. The van der Waals surface area contributed by atoms with Crippen molar-refractivity contribution < 1.29 is 9.59 Å². The van der Waals surface area contributed by atoms with E-state index in [9.17, 15) is 9.59 Å². The summed E-state index contributed by atoms with van der Waals surface area (Å²) in [5, 5.41) is 10.1. The number of fused-ring (bicyclic) bond motifs is 1. The van der Waals surface area contributed by atoms with Gasteiger partial charge in [0, 0.05) is 40.1 Å². The predicted molar refractivity (Wildman–Crippen MR) is 136 cm³/mol. The van der Waals surface area contributed by atoms with Gasteiger partial charge in [-0.1, -0.05) is 55.5 Å². The molecule has 0 saturated heterocycles. The monoisotopic (exact) mass is 452 g/mol. The zero-order valence-electron chi connectivity index (χ0n) is 19.1. The molecule has 0 aliphatic heterocycles. The van der Waals surface area contributed by atoms with Gasteiger partial charge in [-0.25, -0.2) is 4.79 Å². The highest BCUT2D eigenvalue weighted by molar-refractivity contribution is 6.12. The number of ketones is 1. The number of rotatable bonds is 8. The average Bonchev–Trinajstić information content (AvgIpc) is 3.57. The number of aromatic amines is 1. The van der Waals surface area contributed by atoms with Crippen molar-refractivity contribution in [3.8, 4) is 0 Å². The Hall–Kier alpha value is -4.06. The number of nitrogens with one attached hydrogen (secondary N) is 4. The van der Waals surface area contributed by atoms with Crippen molar-refractivity contribution >= 4 is 34.1 Å². The van der Waals surface area contributed by atoms with Crippen LogP contribution in [0.1, 0.15) is 47.3 Å². The molecule has 0 bridgehead atoms. The van der Waals surface area contributed by atoms with Gasteiger partial charge in [0.05, 0.1) is 0 Å². The molecule has 1 atom stereocenters. The molecule has 1 unspecified atom stereocenters. The first kappa shape index (κ1) is 21.8. The van der Waals surface area contributed by atoms with Crippen molar-refractivity contribution in [3.63, 3.8) is 0 Å². The van der Waals surface area contributed by atoms with E-state index in [4.69, 9.17) is 0 Å². The Morgan fingerprint density at radius 3 is 2.38 bits per heavy atom. The number of amides is 2. The Kier molecular flexibility index (Phi) is 6.04. The molecule has 0 radical (unpaired) electrons. The van der Waals surface area contributed by atoms with E-state index in [1.54, 1.807) is 0 Å². The first-order valence-corrected chi connectivity index (χ1v) is 11.7. The summed E-state index contributed by atoms with van der Waals surface area (Å²) in [7, 11) is 0. The summed E-state index contributed by atoms with van der Waals surface area (Å²) in [4.78, 5) is 29.1. The normalized spacial score (nSPS) is 13.9. The molecule has 2 amide bonds. The second kappa shape index (κ2) is 9.43. The minimum Gasteiger partial charge on any atom is -0.371 e. The van der Waals surface area contributed by atoms with E-state index in [-0.39, 0.29) is 11.8 Å². The summed E-state index contributed by atoms with van der Waals surface area (Å²) in [6.07, 6.45) is 4.79. The molecule has 6 nitrogen and oxygen atoms in total. The molecule has 3 aromatic carbocycles. The Morgan fingerprint density at radius 1 is 0.941 bits per heavy atom. The van der Waals surface area contributed by atoms with E-state index in [0.29, 0.717) is 17.3 Å². The standard InChI is InChI=1S/C28H28N4O2/c1-2-18-9-6-10-23-24(17-29-25(18)23)27(33)26(19-7-4-3-5-8-19)30-20-11-13-21(14-12-20)31-28(34)32-22-15-16-22/h3-14,17,22,26,29-30H,2,15-16H2,1H3,(H2,31,32,34). The van der Waals surface area contributed by atoms with Crippen molar-refractivity contribution in [1.29, 1.82) is 0 Å². The zero-order valence-corrected chi connectivity index (χ0v) is 19.1. The quantitative estimate of drug-likeness (QED) is 0.246. The maximum absolute atomic E-state index is 13.8. The molecule has 5 rings (SSSR count). The number of para-hydroxylation sites is 1. The molecule has 1 aliphatic carbocycles. The van der Waals surface area contributed by atoms with Crippen LogP contribution < -0.4 is 16.0 Å². The number of aryl methyl sites for hydroxylation is 1. The number of carbonyl (C=O) groups is 2. The minimum absolute atomic E-state index is 0.00304. The van der Waals surface area contributed by atoms with Crippen LogP contribution >= 0.6 is 0 Å². The fraction of sp³-hybridized carbons (Fsp3) is 0.214.